The van der Waals surface area contributed by atoms with Crippen molar-refractivity contribution in [3.63, 3.8) is 0 Å². The van der Waals surface area contributed by atoms with Gasteiger partial charge in [0, 0.05) is 37.3 Å². The van der Waals surface area contributed by atoms with Crippen LogP contribution in [0.4, 0.5) is 0 Å². The summed E-state index contributed by atoms with van der Waals surface area (Å²) in [6, 6.07) is -3.01. The first kappa shape index (κ1) is 38.7. The van der Waals surface area contributed by atoms with Gasteiger partial charge in [0.25, 0.3) is 5.91 Å². The Morgan fingerprint density at radius 1 is 0.958 bits per heavy atom. The average molecular weight is 669 g/mol. The fourth-order valence-electron chi connectivity index (χ4n) is 6.89. The highest BCUT2D eigenvalue weighted by atomic mass is 16.2. The largest absolute Gasteiger partial charge is 0.347 e. The summed E-state index contributed by atoms with van der Waals surface area (Å²) in [5.74, 6) is -3.80. The second-order valence-electron chi connectivity index (χ2n) is 14.8. The van der Waals surface area contributed by atoms with Crippen molar-refractivity contribution >= 4 is 35.2 Å². The minimum absolute atomic E-state index is 0.0824. The monoisotopic (exact) mass is 668 g/mol. The van der Waals surface area contributed by atoms with Gasteiger partial charge in [0.05, 0.1) is 12.2 Å². The summed E-state index contributed by atoms with van der Waals surface area (Å²) in [5.41, 5.74) is -0.550. The average Bonchev–Trinajstić information content (AvgIpc) is 3.66. The molecule has 2 aliphatic rings. The molecular formula is C36H56N6O6. The van der Waals surface area contributed by atoms with E-state index in [1.807, 2.05) is 55.4 Å². The van der Waals surface area contributed by atoms with Gasteiger partial charge in [0.2, 0.25) is 23.5 Å². The van der Waals surface area contributed by atoms with E-state index in [0.29, 0.717) is 25.8 Å². The molecule has 4 amide bonds. The molecule has 0 radical (unpaired) electrons. The number of fused-ring (bicyclic) bond motifs is 1. The number of hydrogen-bond acceptors (Lipinski definition) is 8. The topological polar surface area (TPSA) is 168 Å². The number of amides is 4. The molecule has 8 atom stereocenters. The Morgan fingerprint density at radius 2 is 1.67 bits per heavy atom. The fraction of sp³-hybridized carbons (Fsp3) is 0.722. The van der Waals surface area contributed by atoms with Gasteiger partial charge in [-0.15, -0.1) is 0 Å². The van der Waals surface area contributed by atoms with Gasteiger partial charge in [-0.05, 0) is 55.8 Å². The molecule has 1 aliphatic heterocycles. The van der Waals surface area contributed by atoms with Gasteiger partial charge < -0.3 is 20.9 Å². The maximum atomic E-state index is 14.5. The highest BCUT2D eigenvalue weighted by Gasteiger charge is 2.52. The summed E-state index contributed by atoms with van der Waals surface area (Å²) in [7, 11) is 0. The summed E-state index contributed by atoms with van der Waals surface area (Å²) < 4.78 is 0. The summed E-state index contributed by atoms with van der Waals surface area (Å²) in [4.78, 5) is 91.1. The molecule has 0 aromatic carbocycles. The number of Topliss-reactive ketones (excluding diaryl/α,β-unsaturated/α-hetero) is 2. The van der Waals surface area contributed by atoms with Crippen LogP contribution in [0.3, 0.4) is 0 Å². The first-order valence-corrected chi connectivity index (χ1v) is 17.7. The van der Waals surface area contributed by atoms with Crippen LogP contribution >= 0.6 is 0 Å². The van der Waals surface area contributed by atoms with Crippen LogP contribution in [-0.2, 0) is 24.0 Å². The number of aromatic nitrogens is 2. The second kappa shape index (κ2) is 17.1. The number of nitrogens with one attached hydrogen (secondary N) is 3. The zero-order chi connectivity index (χ0) is 35.8. The smallest absolute Gasteiger partial charge is 0.289 e. The van der Waals surface area contributed by atoms with Crippen molar-refractivity contribution in [2.24, 2.45) is 29.1 Å². The van der Waals surface area contributed by atoms with Gasteiger partial charge in [-0.25, -0.2) is 4.98 Å². The molecular weight excluding hydrogens is 612 g/mol. The number of carbonyl (C=O) groups is 6. The van der Waals surface area contributed by atoms with E-state index < -0.39 is 53.0 Å². The lowest BCUT2D eigenvalue weighted by molar-refractivity contribution is -0.146. The minimum Gasteiger partial charge on any atom is -0.347 e. The molecule has 2 fully saturated rings. The third-order valence-corrected chi connectivity index (χ3v) is 10.2. The number of ketones is 2. The Bertz CT molecular complexity index is 1310. The zero-order valence-corrected chi connectivity index (χ0v) is 30.0. The predicted molar refractivity (Wildman–Crippen MR) is 181 cm³/mol. The first-order valence-electron chi connectivity index (χ1n) is 17.7. The molecule has 0 spiro atoms. The van der Waals surface area contributed by atoms with Crippen molar-refractivity contribution in [2.45, 2.75) is 131 Å². The lowest BCUT2D eigenvalue weighted by Gasteiger charge is -2.37. The van der Waals surface area contributed by atoms with Gasteiger partial charge in [-0.1, -0.05) is 67.7 Å². The number of hydrogen-bond donors (Lipinski definition) is 3. The summed E-state index contributed by atoms with van der Waals surface area (Å²) >= 11 is 0. The molecule has 2 heterocycles. The molecule has 1 saturated heterocycles. The van der Waals surface area contributed by atoms with Crippen molar-refractivity contribution in [1.29, 1.82) is 0 Å². The van der Waals surface area contributed by atoms with Gasteiger partial charge >= 0.3 is 0 Å². The third-order valence-electron chi connectivity index (χ3n) is 10.2. The lowest BCUT2D eigenvalue weighted by Crippen LogP contribution is -2.60. The van der Waals surface area contributed by atoms with Gasteiger partial charge in [0.1, 0.15) is 17.8 Å². The lowest BCUT2D eigenvalue weighted by atomic mass is 9.82. The standard InChI is InChI=1S/C36H56N6O6/c1-9-13-26(30(44)34(47)39-22(5)11-3)40-33(46)29-24-15-12-14-23(24)20-42(29)35(48)31(36(6,7)8)41-32(45)25(21(4)10-2)18-28(43)27-19-37-16-17-38-27/h16-17,19,21-26,29,31H,9-15,18,20H2,1-8H3,(H,39,47)(H,40,46)(H,41,45)/t21-,22-,23-,24-,25-,26-,29-,31+/m0/s1. The maximum Gasteiger partial charge on any atom is 0.289 e. The van der Waals surface area contributed by atoms with E-state index in [2.05, 4.69) is 25.9 Å². The van der Waals surface area contributed by atoms with Gasteiger partial charge in [-0.2, -0.15) is 0 Å². The molecule has 266 valence electrons. The van der Waals surface area contributed by atoms with Crippen LogP contribution in [0, 0.1) is 29.1 Å². The van der Waals surface area contributed by atoms with Gasteiger partial charge in [0.15, 0.2) is 5.78 Å². The molecule has 12 heteroatoms. The first-order chi connectivity index (χ1) is 22.6. The molecule has 48 heavy (non-hydrogen) atoms. The zero-order valence-electron chi connectivity index (χ0n) is 30.0. The summed E-state index contributed by atoms with van der Waals surface area (Å²) in [5, 5.41) is 8.53. The van der Waals surface area contributed by atoms with E-state index in [0.717, 1.165) is 19.3 Å². The number of likely N-dealkylation sites (tertiary alicyclic amines) is 1. The molecule has 1 aromatic heterocycles. The Balaban J connectivity index is 1.86. The predicted octanol–water partition coefficient (Wildman–Crippen LogP) is 3.64. The Labute approximate surface area is 285 Å². The van der Waals surface area contributed by atoms with Crippen molar-refractivity contribution in [2.75, 3.05) is 6.54 Å². The van der Waals surface area contributed by atoms with Crippen LogP contribution in [0.1, 0.15) is 117 Å². The van der Waals surface area contributed by atoms with E-state index in [1.54, 1.807) is 4.90 Å². The van der Waals surface area contributed by atoms with Gasteiger partial charge in [-0.3, -0.25) is 33.8 Å². The van der Waals surface area contributed by atoms with Crippen LogP contribution in [0.15, 0.2) is 18.6 Å². The second-order valence-corrected chi connectivity index (χ2v) is 14.8. The molecule has 12 nitrogen and oxygen atoms in total. The Kier molecular flexibility index (Phi) is 13.8. The van der Waals surface area contributed by atoms with Crippen molar-refractivity contribution in [1.82, 2.24) is 30.8 Å². The van der Waals surface area contributed by atoms with E-state index in [4.69, 9.17) is 0 Å². The Hall–Kier alpha value is -3.70. The molecule has 3 rings (SSSR count). The minimum atomic E-state index is -1.01. The maximum absolute atomic E-state index is 14.5. The number of rotatable bonds is 16. The van der Waals surface area contributed by atoms with E-state index in [-0.39, 0.29) is 54.0 Å². The Morgan fingerprint density at radius 3 is 2.25 bits per heavy atom. The molecule has 1 aromatic rings. The van der Waals surface area contributed by atoms with E-state index in [1.165, 1.54) is 18.6 Å². The van der Waals surface area contributed by atoms with E-state index >= 15 is 0 Å². The molecule has 0 bridgehead atoms. The molecule has 1 aliphatic carbocycles. The fourth-order valence-corrected chi connectivity index (χ4v) is 6.89. The molecule has 1 saturated carbocycles. The third kappa shape index (κ3) is 9.47. The van der Waals surface area contributed by atoms with Crippen LogP contribution in [0.25, 0.3) is 0 Å². The number of nitrogens with zero attached hydrogens (tertiary/aromatic N) is 3. The van der Waals surface area contributed by atoms with E-state index in [9.17, 15) is 28.8 Å². The normalized spacial score (nSPS) is 22.1. The summed E-state index contributed by atoms with van der Waals surface area (Å²) in [6.07, 6.45) is 8.94. The summed E-state index contributed by atoms with van der Waals surface area (Å²) in [6.45, 7) is 15.4. The highest BCUT2D eigenvalue weighted by Crippen LogP contribution is 2.43. The SMILES string of the molecule is CCC[C@H](NC(=O)[C@@H]1[C@H]2CCC[C@H]2CN1C(=O)[C@@H](NC(=O)[C@@H](CC(=O)c1cnccn1)[C@@H](C)CC)C(C)(C)C)C(=O)C(=O)N[C@@H](C)CC. The van der Waals surface area contributed by atoms with Crippen molar-refractivity contribution in [3.05, 3.63) is 24.3 Å². The van der Waals surface area contributed by atoms with Crippen LogP contribution in [0.5, 0.6) is 0 Å². The van der Waals surface area contributed by atoms with Crippen LogP contribution in [0.2, 0.25) is 0 Å². The molecule has 3 N–H and O–H groups in total. The van der Waals surface area contributed by atoms with Crippen LogP contribution in [-0.4, -0.2) is 80.8 Å². The highest BCUT2D eigenvalue weighted by molar-refractivity contribution is 6.38. The van der Waals surface area contributed by atoms with Crippen molar-refractivity contribution in [3.8, 4) is 0 Å². The number of carbonyl (C=O) groups excluding carboxylic acids is 6. The van der Waals surface area contributed by atoms with Crippen LogP contribution < -0.4 is 16.0 Å². The molecule has 0 unspecified atom stereocenters. The van der Waals surface area contributed by atoms with Crippen molar-refractivity contribution < 1.29 is 28.8 Å². The quantitative estimate of drug-likeness (QED) is 0.177.